The van der Waals surface area contributed by atoms with Crippen molar-refractivity contribution in [3.05, 3.63) is 12.7 Å². The fourth-order valence-electron chi connectivity index (χ4n) is 0.313. The Bertz CT molecular complexity index is 134. The van der Waals surface area contributed by atoms with Crippen LogP contribution in [-0.2, 0) is 0 Å². The van der Waals surface area contributed by atoms with Crippen LogP contribution in [0.2, 0.25) is 0 Å². The Hall–Kier alpha value is -0.440. The second-order valence-corrected chi connectivity index (χ2v) is 3.55. The molecular weight excluding hydrogens is 146 g/mol. The molecule has 0 aromatic carbocycles. The van der Waals surface area contributed by atoms with Gasteiger partial charge in [-0.25, -0.2) is 0 Å². The third-order valence-electron chi connectivity index (χ3n) is 0.984. The lowest BCUT2D eigenvalue weighted by atomic mass is 10.5. The number of hydrogen-bond donors (Lipinski definition) is 0. The SMILES string of the molecule is C=CC(C)SC(=O)N(C)C. The van der Waals surface area contributed by atoms with Gasteiger partial charge < -0.3 is 4.90 Å². The van der Waals surface area contributed by atoms with E-state index in [1.807, 2.05) is 6.92 Å². The number of amides is 1. The summed E-state index contributed by atoms with van der Waals surface area (Å²) < 4.78 is 0. The van der Waals surface area contributed by atoms with E-state index in [0.29, 0.717) is 0 Å². The first-order valence-corrected chi connectivity index (χ1v) is 3.96. The highest BCUT2D eigenvalue weighted by Crippen LogP contribution is 2.13. The van der Waals surface area contributed by atoms with Crippen molar-refractivity contribution in [3.63, 3.8) is 0 Å². The number of carbonyl (C=O) groups excluding carboxylic acids is 1. The average molecular weight is 159 g/mol. The summed E-state index contributed by atoms with van der Waals surface area (Å²) in [7, 11) is 3.48. The van der Waals surface area contributed by atoms with Gasteiger partial charge in [-0.05, 0) is 6.92 Å². The van der Waals surface area contributed by atoms with Gasteiger partial charge in [-0.15, -0.1) is 6.58 Å². The summed E-state index contributed by atoms with van der Waals surface area (Å²) in [6.07, 6.45) is 1.76. The molecule has 0 fully saturated rings. The van der Waals surface area contributed by atoms with E-state index in [9.17, 15) is 4.79 Å². The molecule has 0 heterocycles. The van der Waals surface area contributed by atoms with E-state index in [4.69, 9.17) is 0 Å². The van der Waals surface area contributed by atoms with E-state index in [2.05, 4.69) is 6.58 Å². The Morgan fingerprint density at radius 3 is 2.50 bits per heavy atom. The van der Waals surface area contributed by atoms with Crippen molar-refractivity contribution in [1.82, 2.24) is 4.90 Å². The Kier molecular flexibility index (Phi) is 4.19. The highest BCUT2D eigenvalue weighted by Gasteiger charge is 2.07. The second kappa shape index (κ2) is 4.39. The van der Waals surface area contributed by atoms with Crippen LogP contribution in [0.15, 0.2) is 12.7 Å². The number of rotatable bonds is 2. The normalized spacial score (nSPS) is 12.3. The summed E-state index contributed by atoms with van der Waals surface area (Å²) in [5.41, 5.74) is 0. The predicted molar refractivity (Wildman–Crippen MR) is 46.3 cm³/mol. The molecule has 1 atom stereocenters. The lowest BCUT2D eigenvalue weighted by molar-refractivity contribution is 0.241. The fraction of sp³-hybridized carbons (Fsp3) is 0.571. The third-order valence-corrected chi connectivity index (χ3v) is 2.11. The van der Waals surface area contributed by atoms with Crippen molar-refractivity contribution in [1.29, 1.82) is 0 Å². The average Bonchev–Trinajstić information content (AvgIpc) is 1.87. The quantitative estimate of drug-likeness (QED) is 0.574. The van der Waals surface area contributed by atoms with Gasteiger partial charge in [0.1, 0.15) is 0 Å². The first kappa shape index (κ1) is 9.56. The Labute approximate surface area is 66.3 Å². The molecule has 3 heteroatoms. The lowest BCUT2D eigenvalue weighted by Crippen LogP contribution is -2.18. The van der Waals surface area contributed by atoms with Crippen LogP contribution in [0.4, 0.5) is 4.79 Å². The van der Waals surface area contributed by atoms with Gasteiger partial charge >= 0.3 is 0 Å². The molecule has 1 unspecified atom stereocenters. The zero-order valence-corrected chi connectivity index (χ0v) is 7.44. The molecule has 10 heavy (non-hydrogen) atoms. The lowest BCUT2D eigenvalue weighted by Gasteiger charge is -2.10. The van der Waals surface area contributed by atoms with Crippen LogP contribution in [0.5, 0.6) is 0 Å². The summed E-state index contributed by atoms with van der Waals surface area (Å²) in [5, 5.41) is 0.280. The molecule has 0 spiro atoms. The Morgan fingerprint density at radius 1 is 1.70 bits per heavy atom. The van der Waals surface area contributed by atoms with Gasteiger partial charge in [-0.1, -0.05) is 17.8 Å². The largest absolute Gasteiger partial charge is 0.340 e. The molecular formula is C7H13NOS. The van der Waals surface area contributed by atoms with Gasteiger partial charge in [-0.3, -0.25) is 4.79 Å². The summed E-state index contributed by atoms with van der Waals surface area (Å²) in [6, 6.07) is 0. The third kappa shape index (κ3) is 3.56. The zero-order chi connectivity index (χ0) is 8.15. The maximum atomic E-state index is 11.0. The van der Waals surface area contributed by atoms with Crippen LogP contribution >= 0.6 is 11.8 Å². The molecule has 0 aliphatic carbocycles. The van der Waals surface area contributed by atoms with Crippen LogP contribution in [0.1, 0.15) is 6.92 Å². The number of hydrogen-bond acceptors (Lipinski definition) is 2. The molecule has 0 aliphatic rings. The van der Waals surface area contributed by atoms with Crippen molar-refractivity contribution in [2.24, 2.45) is 0 Å². The van der Waals surface area contributed by atoms with Crippen LogP contribution < -0.4 is 0 Å². The highest BCUT2D eigenvalue weighted by atomic mass is 32.2. The van der Waals surface area contributed by atoms with Gasteiger partial charge in [0.05, 0.1) is 0 Å². The molecule has 0 N–H and O–H groups in total. The first-order chi connectivity index (χ1) is 4.57. The molecule has 0 saturated carbocycles. The molecule has 0 aromatic rings. The second-order valence-electron chi connectivity index (χ2n) is 2.22. The van der Waals surface area contributed by atoms with E-state index in [-0.39, 0.29) is 10.5 Å². The summed E-state index contributed by atoms with van der Waals surface area (Å²) in [5.74, 6) is 0. The van der Waals surface area contributed by atoms with Crippen molar-refractivity contribution in [3.8, 4) is 0 Å². The minimum absolute atomic E-state index is 0.0763. The molecule has 0 radical (unpaired) electrons. The molecule has 0 saturated heterocycles. The summed E-state index contributed by atoms with van der Waals surface area (Å²) in [4.78, 5) is 12.5. The topological polar surface area (TPSA) is 20.3 Å². The van der Waals surface area contributed by atoms with E-state index < -0.39 is 0 Å². The summed E-state index contributed by atoms with van der Waals surface area (Å²) >= 11 is 1.28. The van der Waals surface area contributed by atoms with Crippen LogP contribution in [0.3, 0.4) is 0 Å². The molecule has 0 rings (SSSR count). The fourth-order valence-corrected chi connectivity index (χ4v) is 0.938. The Balaban J connectivity index is 3.68. The van der Waals surface area contributed by atoms with Crippen molar-refractivity contribution in [2.75, 3.05) is 14.1 Å². The molecule has 2 nitrogen and oxygen atoms in total. The number of nitrogens with zero attached hydrogens (tertiary/aromatic N) is 1. The number of thioether (sulfide) groups is 1. The molecule has 0 bridgehead atoms. The Morgan fingerprint density at radius 2 is 2.20 bits per heavy atom. The van der Waals surface area contributed by atoms with Gasteiger partial charge in [0, 0.05) is 19.3 Å². The van der Waals surface area contributed by atoms with E-state index in [1.165, 1.54) is 11.8 Å². The zero-order valence-electron chi connectivity index (χ0n) is 6.63. The highest BCUT2D eigenvalue weighted by molar-refractivity contribution is 8.14. The smallest absolute Gasteiger partial charge is 0.281 e. The van der Waals surface area contributed by atoms with Crippen LogP contribution in [-0.4, -0.2) is 29.5 Å². The van der Waals surface area contributed by atoms with Crippen molar-refractivity contribution < 1.29 is 4.79 Å². The maximum Gasteiger partial charge on any atom is 0.281 e. The van der Waals surface area contributed by atoms with Gasteiger partial charge in [0.25, 0.3) is 5.24 Å². The van der Waals surface area contributed by atoms with Crippen LogP contribution in [0, 0.1) is 0 Å². The first-order valence-electron chi connectivity index (χ1n) is 3.08. The van der Waals surface area contributed by atoms with E-state index >= 15 is 0 Å². The van der Waals surface area contributed by atoms with E-state index in [0.717, 1.165) is 0 Å². The van der Waals surface area contributed by atoms with Crippen LogP contribution in [0.25, 0.3) is 0 Å². The molecule has 1 amide bonds. The molecule has 58 valence electrons. The van der Waals surface area contributed by atoms with E-state index in [1.54, 1.807) is 25.1 Å². The predicted octanol–water partition coefficient (Wildman–Crippen LogP) is 1.98. The minimum Gasteiger partial charge on any atom is -0.340 e. The van der Waals surface area contributed by atoms with Crippen molar-refractivity contribution in [2.45, 2.75) is 12.2 Å². The maximum absolute atomic E-state index is 11.0. The standard InChI is InChI=1S/C7H13NOS/c1-5-6(2)10-7(9)8(3)4/h5-6H,1H2,2-4H3. The minimum atomic E-state index is 0.0763. The molecule has 0 aromatic heterocycles. The summed E-state index contributed by atoms with van der Waals surface area (Å²) in [6.45, 7) is 5.52. The van der Waals surface area contributed by atoms with Gasteiger partial charge in [0.15, 0.2) is 0 Å². The van der Waals surface area contributed by atoms with Gasteiger partial charge in [-0.2, -0.15) is 0 Å². The molecule has 0 aliphatic heterocycles. The monoisotopic (exact) mass is 159 g/mol. The number of carbonyl (C=O) groups is 1. The van der Waals surface area contributed by atoms with Crippen molar-refractivity contribution >= 4 is 17.0 Å². The van der Waals surface area contributed by atoms with Gasteiger partial charge in [0.2, 0.25) is 0 Å².